The first kappa shape index (κ1) is 21.4. The molecule has 3 rings (SSSR count). The van der Waals surface area contributed by atoms with Gasteiger partial charge in [-0.3, -0.25) is 4.79 Å². The molecule has 2 aromatic rings. The zero-order valence-corrected chi connectivity index (χ0v) is 16.6. The third kappa shape index (κ3) is 5.77. The summed E-state index contributed by atoms with van der Waals surface area (Å²) in [5.74, 6) is -0.141. The van der Waals surface area contributed by atoms with Crippen LogP contribution in [0.1, 0.15) is 10.4 Å². The van der Waals surface area contributed by atoms with Crippen LogP contribution in [0.25, 0.3) is 11.1 Å². The van der Waals surface area contributed by atoms with Gasteiger partial charge in [0.05, 0.1) is 17.6 Å². The van der Waals surface area contributed by atoms with Crippen LogP contribution in [0.2, 0.25) is 0 Å². The SMILES string of the molecule is CS(=O)(=O)c1ccc(-c2ccc(C(=O)NCC3CNCCO3)cc2)cc1.Cl. The maximum Gasteiger partial charge on any atom is 0.251 e. The van der Waals surface area contributed by atoms with E-state index >= 15 is 0 Å². The van der Waals surface area contributed by atoms with Gasteiger partial charge in [0.15, 0.2) is 9.84 Å². The van der Waals surface area contributed by atoms with Gasteiger partial charge in [0.1, 0.15) is 0 Å². The molecule has 2 aromatic carbocycles. The van der Waals surface area contributed by atoms with E-state index in [0.717, 1.165) is 24.2 Å². The van der Waals surface area contributed by atoms with Crippen LogP contribution in [0.4, 0.5) is 0 Å². The van der Waals surface area contributed by atoms with Crippen LogP contribution in [-0.2, 0) is 14.6 Å². The monoisotopic (exact) mass is 410 g/mol. The molecule has 2 N–H and O–H groups in total. The summed E-state index contributed by atoms with van der Waals surface area (Å²) < 4.78 is 28.6. The molecule has 1 aliphatic rings. The Hall–Kier alpha value is -1.93. The molecule has 0 saturated carbocycles. The molecule has 146 valence electrons. The van der Waals surface area contributed by atoms with Crippen molar-refractivity contribution in [1.29, 1.82) is 0 Å². The smallest absolute Gasteiger partial charge is 0.251 e. The zero-order chi connectivity index (χ0) is 18.6. The summed E-state index contributed by atoms with van der Waals surface area (Å²) in [5.41, 5.74) is 2.39. The zero-order valence-electron chi connectivity index (χ0n) is 15.0. The average molecular weight is 411 g/mol. The number of carbonyl (C=O) groups excluding carboxylic acids is 1. The molecule has 1 unspecified atom stereocenters. The number of ether oxygens (including phenoxy) is 1. The number of rotatable bonds is 5. The average Bonchev–Trinajstić information content (AvgIpc) is 2.66. The first-order valence-electron chi connectivity index (χ1n) is 8.44. The highest BCUT2D eigenvalue weighted by molar-refractivity contribution is 7.90. The van der Waals surface area contributed by atoms with Crippen molar-refractivity contribution in [3.8, 4) is 11.1 Å². The van der Waals surface area contributed by atoms with E-state index in [9.17, 15) is 13.2 Å². The second kappa shape index (κ2) is 9.32. The minimum absolute atomic E-state index is 0. The first-order valence-corrected chi connectivity index (χ1v) is 10.3. The molecule has 27 heavy (non-hydrogen) atoms. The fourth-order valence-corrected chi connectivity index (χ4v) is 3.40. The number of sulfone groups is 1. The predicted octanol–water partition coefficient (Wildman–Crippen LogP) is 1.90. The third-order valence-electron chi connectivity index (χ3n) is 4.26. The number of nitrogens with one attached hydrogen (secondary N) is 2. The van der Waals surface area contributed by atoms with Crippen molar-refractivity contribution < 1.29 is 17.9 Å². The molecule has 6 nitrogen and oxygen atoms in total. The Morgan fingerprint density at radius 3 is 2.22 bits per heavy atom. The number of hydrogen-bond donors (Lipinski definition) is 2. The lowest BCUT2D eigenvalue weighted by Crippen LogP contribution is -2.45. The molecule has 0 aromatic heterocycles. The quantitative estimate of drug-likeness (QED) is 0.786. The molecular weight excluding hydrogens is 388 g/mol. The number of halogens is 1. The molecule has 0 aliphatic carbocycles. The molecule has 1 fully saturated rings. The van der Waals surface area contributed by atoms with Gasteiger partial charge in [0.2, 0.25) is 0 Å². The van der Waals surface area contributed by atoms with Crippen molar-refractivity contribution in [2.24, 2.45) is 0 Å². The maximum atomic E-state index is 12.2. The summed E-state index contributed by atoms with van der Waals surface area (Å²) in [7, 11) is -3.20. The third-order valence-corrected chi connectivity index (χ3v) is 5.39. The van der Waals surface area contributed by atoms with Crippen LogP contribution in [-0.4, -0.2) is 52.9 Å². The Kier molecular flexibility index (Phi) is 7.38. The molecule has 0 spiro atoms. The minimum atomic E-state index is -3.20. The van der Waals surface area contributed by atoms with Crippen LogP contribution in [0.3, 0.4) is 0 Å². The van der Waals surface area contributed by atoms with Crippen LogP contribution < -0.4 is 10.6 Å². The van der Waals surface area contributed by atoms with Crippen molar-refractivity contribution in [3.05, 3.63) is 54.1 Å². The van der Waals surface area contributed by atoms with E-state index in [1.165, 1.54) is 6.26 Å². The number of amides is 1. The summed E-state index contributed by atoms with van der Waals surface area (Å²) in [5, 5.41) is 6.10. The first-order chi connectivity index (χ1) is 12.4. The molecule has 0 radical (unpaired) electrons. The van der Waals surface area contributed by atoms with Crippen molar-refractivity contribution >= 4 is 28.2 Å². The highest BCUT2D eigenvalue weighted by Gasteiger charge is 2.15. The molecule has 8 heteroatoms. The van der Waals surface area contributed by atoms with Gasteiger partial charge in [0.25, 0.3) is 5.91 Å². The Morgan fingerprint density at radius 1 is 1.11 bits per heavy atom. The van der Waals surface area contributed by atoms with Crippen molar-refractivity contribution in [2.45, 2.75) is 11.0 Å². The van der Waals surface area contributed by atoms with Gasteiger partial charge in [-0.2, -0.15) is 0 Å². The molecular formula is C19H23ClN2O4S. The van der Waals surface area contributed by atoms with Gasteiger partial charge in [0, 0.05) is 31.5 Å². The van der Waals surface area contributed by atoms with Gasteiger partial charge in [-0.15, -0.1) is 12.4 Å². The van der Waals surface area contributed by atoms with Gasteiger partial charge in [-0.25, -0.2) is 8.42 Å². The summed E-state index contributed by atoms with van der Waals surface area (Å²) in [4.78, 5) is 12.5. The lowest BCUT2D eigenvalue weighted by Gasteiger charge is -2.23. The van der Waals surface area contributed by atoms with E-state index in [0.29, 0.717) is 18.7 Å². The van der Waals surface area contributed by atoms with Gasteiger partial charge in [-0.05, 0) is 35.4 Å². The normalized spacial score (nSPS) is 17.0. The van der Waals surface area contributed by atoms with Gasteiger partial charge < -0.3 is 15.4 Å². The van der Waals surface area contributed by atoms with Crippen LogP contribution in [0.5, 0.6) is 0 Å². The van der Waals surface area contributed by atoms with E-state index in [2.05, 4.69) is 10.6 Å². The summed E-state index contributed by atoms with van der Waals surface area (Å²) in [6.07, 6.45) is 1.18. The van der Waals surface area contributed by atoms with E-state index in [-0.39, 0.29) is 29.3 Å². The molecule has 1 atom stereocenters. The topological polar surface area (TPSA) is 84.5 Å². The minimum Gasteiger partial charge on any atom is -0.374 e. The summed E-state index contributed by atoms with van der Waals surface area (Å²) in [6.45, 7) is 2.72. The Morgan fingerprint density at radius 2 is 1.70 bits per heavy atom. The lowest BCUT2D eigenvalue weighted by atomic mass is 10.0. The lowest BCUT2D eigenvalue weighted by molar-refractivity contribution is 0.0287. The standard InChI is InChI=1S/C19H22N2O4S.ClH/c1-26(23,24)18-8-6-15(7-9-18)14-2-4-16(5-3-14)19(22)21-13-17-12-20-10-11-25-17;/h2-9,17,20H,10-13H2,1H3,(H,21,22);1H. The molecule has 1 saturated heterocycles. The Labute approximate surface area is 165 Å². The predicted molar refractivity (Wildman–Crippen MR) is 107 cm³/mol. The highest BCUT2D eigenvalue weighted by atomic mass is 35.5. The Bertz CT molecular complexity index is 862. The van der Waals surface area contributed by atoms with Crippen LogP contribution >= 0.6 is 12.4 Å². The number of carbonyl (C=O) groups is 1. The van der Waals surface area contributed by atoms with E-state index in [1.54, 1.807) is 36.4 Å². The van der Waals surface area contributed by atoms with Crippen molar-refractivity contribution in [1.82, 2.24) is 10.6 Å². The maximum absolute atomic E-state index is 12.2. The van der Waals surface area contributed by atoms with Crippen molar-refractivity contribution in [3.63, 3.8) is 0 Å². The summed E-state index contributed by atoms with van der Waals surface area (Å²) >= 11 is 0. The molecule has 1 heterocycles. The second-order valence-corrected chi connectivity index (χ2v) is 8.30. The summed E-state index contributed by atoms with van der Waals surface area (Å²) in [6, 6.07) is 13.9. The molecule has 1 amide bonds. The molecule has 1 aliphatic heterocycles. The van der Waals surface area contributed by atoms with E-state index < -0.39 is 9.84 Å². The highest BCUT2D eigenvalue weighted by Crippen LogP contribution is 2.22. The number of benzene rings is 2. The van der Waals surface area contributed by atoms with Crippen LogP contribution in [0.15, 0.2) is 53.4 Å². The van der Waals surface area contributed by atoms with E-state index in [4.69, 9.17) is 4.74 Å². The largest absolute Gasteiger partial charge is 0.374 e. The van der Waals surface area contributed by atoms with Gasteiger partial charge in [-0.1, -0.05) is 24.3 Å². The van der Waals surface area contributed by atoms with Crippen molar-refractivity contribution in [2.75, 3.05) is 32.5 Å². The number of hydrogen-bond acceptors (Lipinski definition) is 5. The second-order valence-electron chi connectivity index (χ2n) is 6.28. The Balaban J connectivity index is 0.00000261. The van der Waals surface area contributed by atoms with Crippen LogP contribution in [0, 0.1) is 0 Å². The molecule has 0 bridgehead atoms. The number of morpholine rings is 1. The fourth-order valence-electron chi connectivity index (χ4n) is 2.77. The fraction of sp³-hybridized carbons (Fsp3) is 0.316. The van der Waals surface area contributed by atoms with Gasteiger partial charge >= 0.3 is 0 Å². The van der Waals surface area contributed by atoms with E-state index in [1.807, 2.05) is 12.1 Å².